The van der Waals surface area contributed by atoms with Gasteiger partial charge in [0.1, 0.15) is 0 Å². The van der Waals surface area contributed by atoms with E-state index in [0.29, 0.717) is 5.54 Å². The number of benzene rings is 2. The molecule has 2 aromatic carbocycles. The zero-order valence-corrected chi connectivity index (χ0v) is 15.0. The molecule has 0 amide bonds. The van der Waals surface area contributed by atoms with Gasteiger partial charge >= 0.3 is 0 Å². The Morgan fingerprint density at radius 1 is 0.696 bits per heavy atom. The molecule has 3 aromatic rings. The summed E-state index contributed by atoms with van der Waals surface area (Å²) in [5, 5.41) is 0. The molecule has 2 heteroatoms. The van der Waals surface area contributed by atoms with Crippen LogP contribution >= 0.6 is 0 Å². The van der Waals surface area contributed by atoms with Crippen LogP contribution in [0.2, 0.25) is 19.6 Å². The van der Waals surface area contributed by atoms with Gasteiger partial charge in [-0.25, -0.2) is 0 Å². The Labute approximate surface area is 140 Å². The molecule has 0 saturated heterocycles. The van der Waals surface area contributed by atoms with Gasteiger partial charge in [0.15, 0.2) is 0 Å². The average Bonchev–Trinajstić information content (AvgIpc) is 2.56. The molecule has 0 saturated carbocycles. The van der Waals surface area contributed by atoms with Crippen LogP contribution < -0.4 is 0 Å². The van der Waals surface area contributed by atoms with Gasteiger partial charge in [0.25, 0.3) is 0 Å². The summed E-state index contributed by atoms with van der Waals surface area (Å²) in [6, 6.07) is 25.8. The molecule has 23 heavy (non-hydrogen) atoms. The molecule has 1 aromatic heterocycles. The molecule has 0 radical (unpaired) electrons. The number of nitrogens with zero attached hydrogens (tertiary/aromatic N) is 1. The van der Waals surface area contributed by atoms with Crippen LogP contribution in [0.4, 0.5) is 0 Å². The number of pyridine rings is 1. The fraction of sp³-hybridized carbons (Fsp3) is 0.190. The second kappa shape index (κ2) is 6.51. The Bertz CT molecular complexity index is 743. The first-order valence-corrected chi connectivity index (χ1v) is 11.7. The van der Waals surface area contributed by atoms with Crippen molar-refractivity contribution in [1.29, 1.82) is 0 Å². The third-order valence-corrected chi connectivity index (χ3v) is 6.56. The van der Waals surface area contributed by atoms with Gasteiger partial charge in [-0.15, -0.1) is 0 Å². The van der Waals surface area contributed by atoms with Gasteiger partial charge < -0.3 is 0 Å². The summed E-state index contributed by atoms with van der Waals surface area (Å²) >= 11 is 0. The van der Waals surface area contributed by atoms with E-state index in [9.17, 15) is 0 Å². The summed E-state index contributed by atoms with van der Waals surface area (Å²) in [5.74, 6) is 0. The highest BCUT2D eigenvalue weighted by Crippen LogP contribution is 2.33. The molecule has 1 unspecified atom stereocenters. The second-order valence-corrected chi connectivity index (χ2v) is 12.4. The van der Waals surface area contributed by atoms with Crippen molar-refractivity contribution in [3.05, 3.63) is 90.3 Å². The van der Waals surface area contributed by atoms with Crippen LogP contribution in [0, 0.1) is 0 Å². The highest BCUT2D eigenvalue weighted by atomic mass is 28.3. The predicted molar refractivity (Wildman–Crippen MR) is 101 cm³/mol. The third-order valence-electron chi connectivity index (χ3n) is 4.20. The summed E-state index contributed by atoms with van der Waals surface area (Å²) in [5.41, 5.74) is 5.53. The molecule has 1 nitrogen and oxygen atoms in total. The summed E-state index contributed by atoms with van der Waals surface area (Å²) in [4.78, 5) is 4.64. The number of rotatable bonds is 4. The molecule has 0 spiro atoms. The maximum Gasteiger partial charge on any atom is 0.0593 e. The van der Waals surface area contributed by atoms with Crippen LogP contribution in [0.5, 0.6) is 0 Å². The largest absolute Gasteiger partial charge is 0.261 e. The van der Waals surface area contributed by atoms with Crippen LogP contribution in [-0.4, -0.2) is 13.1 Å². The fourth-order valence-electron chi connectivity index (χ4n) is 3.16. The molecule has 1 heterocycles. The van der Waals surface area contributed by atoms with Gasteiger partial charge in [-0.1, -0.05) is 80.3 Å². The van der Waals surface area contributed by atoms with E-state index in [1.54, 1.807) is 0 Å². The summed E-state index contributed by atoms with van der Waals surface area (Å²) in [6.07, 6.45) is 1.90. The van der Waals surface area contributed by atoms with E-state index < -0.39 is 8.07 Å². The minimum Gasteiger partial charge on any atom is -0.261 e. The summed E-state index contributed by atoms with van der Waals surface area (Å²) < 4.78 is 0. The van der Waals surface area contributed by atoms with Crippen molar-refractivity contribution in [2.24, 2.45) is 0 Å². The molecule has 0 N–H and O–H groups in total. The van der Waals surface area contributed by atoms with E-state index >= 15 is 0 Å². The van der Waals surface area contributed by atoms with Crippen molar-refractivity contribution in [2.75, 3.05) is 0 Å². The first-order valence-electron chi connectivity index (χ1n) is 8.12. The first-order chi connectivity index (χ1) is 11.1. The van der Waals surface area contributed by atoms with E-state index in [-0.39, 0.29) is 0 Å². The average molecular weight is 318 g/mol. The van der Waals surface area contributed by atoms with Crippen LogP contribution in [0.25, 0.3) is 11.1 Å². The maximum atomic E-state index is 4.64. The Balaban J connectivity index is 1.98. The normalized spacial score (nSPS) is 12.8. The molecule has 0 fully saturated rings. The van der Waals surface area contributed by atoms with Crippen molar-refractivity contribution < 1.29 is 0 Å². The third kappa shape index (κ3) is 3.59. The van der Waals surface area contributed by atoms with Crippen LogP contribution in [0.15, 0.2) is 79.0 Å². The zero-order chi connectivity index (χ0) is 16.3. The lowest BCUT2D eigenvalue weighted by Crippen LogP contribution is -2.32. The molecule has 0 aliphatic heterocycles. The minimum atomic E-state index is -1.43. The molecule has 0 aliphatic carbocycles. The highest BCUT2D eigenvalue weighted by Gasteiger charge is 2.30. The van der Waals surface area contributed by atoms with E-state index in [1.807, 2.05) is 12.3 Å². The fourth-order valence-corrected chi connectivity index (χ4v) is 5.41. The minimum absolute atomic E-state index is 0.425. The molecule has 1 atom stereocenters. The van der Waals surface area contributed by atoms with Crippen molar-refractivity contribution >= 4 is 8.07 Å². The molecule has 3 rings (SSSR count). The van der Waals surface area contributed by atoms with Gasteiger partial charge in [-0.2, -0.15) is 0 Å². The molecule has 0 bridgehead atoms. The van der Waals surface area contributed by atoms with Crippen LogP contribution in [0.3, 0.4) is 0 Å². The Kier molecular flexibility index (Phi) is 4.44. The number of hydrogen-bond donors (Lipinski definition) is 0. The molecule has 0 aliphatic rings. The van der Waals surface area contributed by atoms with E-state index in [4.69, 9.17) is 0 Å². The summed E-state index contributed by atoms with van der Waals surface area (Å²) in [6.45, 7) is 7.24. The van der Waals surface area contributed by atoms with Crippen LogP contribution in [0.1, 0.15) is 16.8 Å². The van der Waals surface area contributed by atoms with Crippen molar-refractivity contribution in [3.63, 3.8) is 0 Å². The first kappa shape index (κ1) is 15.7. The monoisotopic (exact) mass is 317 g/mol. The molecule has 116 valence electrons. The zero-order valence-electron chi connectivity index (χ0n) is 14.0. The van der Waals surface area contributed by atoms with Gasteiger partial charge in [0.05, 0.1) is 8.07 Å². The lowest BCUT2D eigenvalue weighted by molar-refractivity contribution is 0.994. The second-order valence-electron chi connectivity index (χ2n) is 7.04. The lowest BCUT2D eigenvalue weighted by Gasteiger charge is -2.29. The van der Waals surface area contributed by atoms with E-state index in [1.165, 1.54) is 22.4 Å². The van der Waals surface area contributed by atoms with E-state index in [2.05, 4.69) is 91.4 Å². The predicted octanol–water partition coefficient (Wildman–Crippen LogP) is 5.76. The van der Waals surface area contributed by atoms with Crippen molar-refractivity contribution in [2.45, 2.75) is 25.2 Å². The van der Waals surface area contributed by atoms with E-state index in [0.717, 1.165) is 0 Å². The Hall–Kier alpha value is -2.19. The van der Waals surface area contributed by atoms with Gasteiger partial charge in [-0.3, -0.25) is 4.98 Å². The Morgan fingerprint density at radius 3 is 1.87 bits per heavy atom. The molecular weight excluding hydrogens is 294 g/mol. The van der Waals surface area contributed by atoms with Crippen LogP contribution in [-0.2, 0) is 0 Å². The maximum absolute atomic E-state index is 4.64. The summed E-state index contributed by atoms with van der Waals surface area (Å²) in [7, 11) is -1.43. The number of aromatic nitrogens is 1. The van der Waals surface area contributed by atoms with Gasteiger partial charge in [-0.05, 0) is 28.8 Å². The van der Waals surface area contributed by atoms with Gasteiger partial charge in [0.2, 0.25) is 0 Å². The van der Waals surface area contributed by atoms with Crippen molar-refractivity contribution in [3.8, 4) is 11.1 Å². The standard InChI is InChI=1S/C21H23NSi/c1-23(2,3)21(20-11-7-8-16-22-20)19-14-12-18(13-15-19)17-9-5-4-6-10-17/h4-16,21H,1-3H3. The Morgan fingerprint density at radius 2 is 1.30 bits per heavy atom. The quantitative estimate of drug-likeness (QED) is 0.558. The van der Waals surface area contributed by atoms with Gasteiger partial charge in [0, 0.05) is 17.4 Å². The SMILES string of the molecule is C[Si](C)(C)C(c1ccc(-c2ccccc2)cc1)c1ccccn1. The highest BCUT2D eigenvalue weighted by molar-refractivity contribution is 6.78. The topological polar surface area (TPSA) is 12.9 Å². The van der Waals surface area contributed by atoms with Crippen molar-refractivity contribution in [1.82, 2.24) is 4.98 Å². The smallest absolute Gasteiger partial charge is 0.0593 e. The lowest BCUT2D eigenvalue weighted by atomic mass is 10.0. The number of hydrogen-bond acceptors (Lipinski definition) is 1. The molecular formula is C21H23NSi.